The van der Waals surface area contributed by atoms with Crippen LogP contribution in [0.15, 0.2) is 30.3 Å². The number of benzene rings is 2. The van der Waals surface area contributed by atoms with Crippen LogP contribution in [-0.4, -0.2) is 52.8 Å². The van der Waals surface area contributed by atoms with E-state index >= 15 is 8.78 Å². The molecule has 2 aromatic rings. The van der Waals surface area contributed by atoms with Crippen LogP contribution in [0, 0.1) is 23.1 Å². The van der Waals surface area contributed by atoms with Crippen molar-refractivity contribution >= 4 is 64.0 Å². The molecule has 0 bridgehead atoms. The number of hydrogen-bond donors (Lipinski definition) is 2. The second-order valence-corrected chi connectivity index (χ2v) is 13.0. The number of amides is 2. The Kier molecular flexibility index (Phi) is 6.89. The fourth-order valence-electron chi connectivity index (χ4n) is 6.43. The minimum Gasteiger partial charge on any atom is -0.481 e. The lowest BCUT2D eigenvalue weighted by molar-refractivity contribution is -0.153. The number of carbonyl (C=O) groups is 3. The Morgan fingerprint density at radius 2 is 1.75 bits per heavy atom. The second kappa shape index (κ2) is 9.51. The quantitative estimate of drug-likeness (QED) is 0.435. The maximum Gasteiger partial charge on any atom is 0.310 e. The van der Waals surface area contributed by atoms with Crippen LogP contribution in [0.4, 0.5) is 24.5 Å². The molecule has 7 nitrogen and oxygen atoms in total. The minimum atomic E-state index is -3.35. The molecule has 40 heavy (non-hydrogen) atoms. The van der Waals surface area contributed by atoms with E-state index in [2.05, 4.69) is 5.32 Å². The minimum absolute atomic E-state index is 0.0463. The standard InChI is InChI=1S/C27H25Cl3F3N3O4/c1-25(2,3)10-35(15-5-12(28)4-13(29)6-15)22(37)19-18-9-26(32,33)11-36(18)27(20(19)23(38)39)16-7-14(31)8-17(30)21(16)34-24(27)40/h4-8,18-20H,9-11H2,1-3H3,(H,34,40)(H,38,39)/t18-,19+,20-,27+/m0/s1. The van der Waals surface area contributed by atoms with Crippen LogP contribution in [0.2, 0.25) is 15.1 Å². The average Bonchev–Trinajstić information content (AvgIpc) is 3.37. The van der Waals surface area contributed by atoms with Gasteiger partial charge in [-0.25, -0.2) is 13.2 Å². The molecule has 2 fully saturated rings. The maximum absolute atomic E-state index is 15.0. The first kappa shape index (κ1) is 29.0. The van der Waals surface area contributed by atoms with Crippen LogP contribution in [-0.2, 0) is 19.9 Å². The fourth-order valence-corrected chi connectivity index (χ4v) is 7.19. The number of aliphatic carboxylic acids is 1. The van der Waals surface area contributed by atoms with Crippen molar-refractivity contribution in [1.29, 1.82) is 0 Å². The number of carboxylic acid groups (broad SMARTS) is 1. The molecular weight excluding hydrogens is 594 g/mol. The predicted molar refractivity (Wildman–Crippen MR) is 145 cm³/mol. The summed E-state index contributed by atoms with van der Waals surface area (Å²) in [6.45, 7) is 4.56. The molecule has 3 heterocycles. The summed E-state index contributed by atoms with van der Waals surface area (Å²) < 4.78 is 44.7. The van der Waals surface area contributed by atoms with Crippen molar-refractivity contribution in [2.24, 2.45) is 17.3 Å². The second-order valence-electron chi connectivity index (χ2n) is 11.7. The molecule has 2 amide bonds. The molecule has 0 radical (unpaired) electrons. The van der Waals surface area contributed by atoms with Crippen LogP contribution in [0.3, 0.4) is 0 Å². The van der Waals surface area contributed by atoms with Gasteiger partial charge in [0.1, 0.15) is 17.3 Å². The van der Waals surface area contributed by atoms with Gasteiger partial charge in [-0.15, -0.1) is 0 Å². The third-order valence-corrected chi connectivity index (χ3v) is 8.38. The lowest BCUT2D eigenvalue weighted by Gasteiger charge is -2.36. The zero-order chi connectivity index (χ0) is 29.5. The summed E-state index contributed by atoms with van der Waals surface area (Å²) >= 11 is 18.6. The van der Waals surface area contributed by atoms with Gasteiger partial charge in [-0.1, -0.05) is 55.6 Å². The number of hydrogen-bond acceptors (Lipinski definition) is 4. The van der Waals surface area contributed by atoms with E-state index in [1.165, 1.54) is 23.1 Å². The van der Waals surface area contributed by atoms with E-state index in [0.29, 0.717) is 0 Å². The third kappa shape index (κ3) is 4.53. The highest BCUT2D eigenvalue weighted by Crippen LogP contribution is 2.61. The van der Waals surface area contributed by atoms with E-state index in [-0.39, 0.29) is 38.6 Å². The molecule has 5 rings (SSSR count). The molecule has 214 valence electrons. The van der Waals surface area contributed by atoms with Gasteiger partial charge in [0.05, 0.1) is 23.2 Å². The largest absolute Gasteiger partial charge is 0.481 e. The van der Waals surface area contributed by atoms with Gasteiger partial charge < -0.3 is 15.3 Å². The fraction of sp³-hybridized carbons (Fsp3) is 0.444. The van der Waals surface area contributed by atoms with Crippen LogP contribution >= 0.6 is 34.8 Å². The molecule has 13 heteroatoms. The lowest BCUT2D eigenvalue weighted by atomic mass is 9.73. The molecule has 4 atom stereocenters. The first-order valence-electron chi connectivity index (χ1n) is 12.4. The lowest BCUT2D eigenvalue weighted by Crippen LogP contribution is -2.54. The Labute approximate surface area is 243 Å². The number of carboxylic acids is 1. The van der Waals surface area contributed by atoms with Gasteiger partial charge in [0, 0.05) is 40.3 Å². The highest BCUT2D eigenvalue weighted by Gasteiger charge is 2.74. The van der Waals surface area contributed by atoms with Gasteiger partial charge in [-0.3, -0.25) is 19.3 Å². The molecule has 0 aromatic heterocycles. The Morgan fingerprint density at radius 3 is 2.33 bits per heavy atom. The Hall–Kier alpha value is -2.53. The van der Waals surface area contributed by atoms with Crippen molar-refractivity contribution in [3.05, 3.63) is 56.8 Å². The van der Waals surface area contributed by atoms with Crippen LogP contribution in [0.25, 0.3) is 0 Å². The van der Waals surface area contributed by atoms with Crippen molar-refractivity contribution in [2.45, 2.75) is 44.7 Å². The first-order chi connectivity index (χ1) is 18.5. The van der Waals surface area contributed by atoms with Gasteiger partial charge in [0.2, 0.25) is 5.91 Å². The first-order valence-corrected chi connectivity index (χ1v) is 13.6. The summed E-state index contributed by atoms with van der Waals surface area (Å²) in [7, 11) is 0. The van der Waals surface area contributed by atoms with Crippen molar-refractivity contribution < 1.29 is 32.7 Å². The summed E-state index contributed by atoms with van der Waals surface area (Å²) in [4.78, 5) is 43.5. The zero-order valence-electron chi connectivity index (χ0n) is 21.6. The molecule has 3 aliphatic rings. The number of fused-ring (bicyclic) bond motifs is 4. The Balaban J connectivity index is 1.74. The summed E-state index contributed by atoms with van der Waals surface area (Å²) in [5.74, 6) is -11.0. The summed E-state index contributed by atoms with van der Waals surface area (Å²) in [6.07, 6.45) is -0.875. The number of nitrogens with one attached hydrogen (secondary N) is 1. The molecule has 2 aromatic carbocycles. The van der Waals surface area contributed by atoms with E-state index in [1.807, 2.05) is 20.8 Å². The normalized spacial score (nSPS) is 27.0. The maximum atomic E-state index is 15.0. The van der Waals surface area contributed by atoms with Gasteiger partial charge >= 0.3 is 5.97 Å². The van der Waals surface area contributed by atoms with E-state index in [9.17, 15) is 23.9 Å². The number of halogens is 6. The molecule has 2 saturated heterocycles. The predicted octanol–water partition coefficient (Wildman–Crippen LogP) is 6.05. The van der Waals surface area contributed by atoms with Gasteiger partial charge in [-0.2, -0.15) is 0 Å². The van der Waals surface area contributed by atoms with Gasteiger partial charge in [-0.05, 0) is 35.7 Å². The van der Waals surface area contributed by atoms with E-state index < -0.39 is 71.3 Å². The molecule has 1 spiro atoms. The SMILES string of the molecule is CC(C)(C)CN(C(=O)[C@H]1[C@@H](C(=O)O)[C@]2(C(=O)Nc3c(Cl)cc(F)cc32)N2CC(F)(F)C[C@@H]12)c1cc(Cl)cc(Cl)c1. The number of rotatable bonds is 4. The third-order valence-electron chi connectivity index (χ3n) is 7.65. The van der Waals surface area contributed by atoms with E-state index in [4.69, 9.17) is 34.8 Å². The molecule has 0 aliphatic carbocycles. The molecule has 0 saturated carbocycles. The Bertz CT molecular complexity index is 1430. The van der Waals surface area contributed by atoms with Crippen molar-refractivity contribution in [2.75, 3.05) is 23.3 Å². The highest BCUT2D eigenvalue weighted by atomic mass is 35.5. The summed E-state index contributed by atoms with van der Waals surface area (Å²) in [5, 5.41) is 13.2. The van der Waals surface area contributed by atoms with Crippen LogP contribution in [0.5, 0.6) is 0 Å². The Morgan fingerprint density at radius 1 is 1.12 bits per heavy atom. The van der Waals surface area contributed by atoms with E-state index in [1.54, 1.807) is 0 Å². The van der Waals surface area contributed by atoms with Crippen LogP contribution in [0.1, 0.15) is 32.8 Å². The average molecular weight is 619 g/mol. The highest BCUT2D eigenvalue weighted by molar-refractivity contribution is 6.35. The van der Waals surface area contributed by atoms with Crippen molar-refractivity contribution in [3.63, 3.8) is 0 Å². The zero-order valence-corrected chi connectivity index (χ0v) is 23.8. The summed E-state index contributed by atoms with van der Waals surface area (Å²) in [5.41, 5.74) is -2.87. The number of alkyl halides is 2. The number of anilines is 2. The molecule has 0 unspecified atom stereocenters. The van der Waals surface area contributed by atoms with Gasteiger partial charge in [0.25, 0.3) is 11.8 Å². The molecule has 2 N–H and O–H groups in total. The van der Waals surface area contributed by atoms with Gasteiger partial charge in [0.15, 0.2) is 0 Å². The van der Waals surface area contributed by atoms with Crippen molar-refractivity contribution in [3.8, 4) is 0 Å². The number of carbonyl (C=O) groups excluding carboxylic acids is 2. The monoisotopic (exact) mass is 617 g/mol. The molecular formula is C27H25Cl3F3N3O4. The smallest absolute Gasteiger partial charge is 0.310 e. The molecule has 3 aliphatic heterocycles. The van der Waals surface area contributed by atoms with E-state index in [0.717, 1.165) is 17.0 Å². The van der Waals surface area contributed by atoms with Crippen molar-refractivity contribution in [1.82, 2.24) is 4.90 Å². The van der Waals surface area contributed by atoms with Crippen LogP contribution < -0.4 is 10.2 Å². The number of nitrogens with zero attached hydrogens (tertiary/aromatic N) is 2. The summed E-state index contributed by atoms with van der Waals surface area (Å²) in [6, 6.07) is 4.86. The topological polar surface area (TPSA) is 90.0 Å².